The van der Waals surface area contributed by atoms with Gasteiger partial charge in [0.2, 0.25) is 23.6 Å². The molecule has 2 saturated heterocycles. The Kier molecular flexibility index (Phi) is 28.4. The van der Waals surface area contributed by atoms with Gasteiger partial charge in [-0.2, -0.15) is 0 Å². The molecule has 2 aromatic heterocycles. The van der Waals surface area contributed by atoms with Crippen LogP contribution < -0.4 is 52.4 Å². The lowest BCUT2D eigenvalue weighted by atomic mass is 10.0. The van der Waals surface area contributed by atoms with E-state index in [0.29, 0.717) is 29.8 Å². The molecular formula is C80H98N12O15. The van der Waals surface area contributed by atoms with Crippen LogP contribution in [-0.2, 0) is 41.6 Å². The van der Waals surface area contributed by atoms with Crippen molar-refractivity contribution < 1.29 is 72.1 Å². The topological polar surface area (TPSA) is 386 Å². The van der Waals surface area contributed by atoms with Crippen LogP contribution in [0.1, 0.15) is 240 Å². The van der Waals surface area contributed by atoms with Crippen LogP contribution in [0.4, 0.5) is 11.4 Å². The lowest BCUT2D eigenvalue weighted by molar-refractivity contribution is -0.139. The average Bonchev–Trinajstić information content (AvgIpc) is 1.64. The molecular weight excluding hydrogens is 1370 g/mol. The minimum absolute atomic E-state index is 0.0200. The maximum absolute atomic E-state index is 13.2. The van der Waals surface area contributed by atoms with Gasteiger partial charge >= 0.3 is 5.97 Å². The summed E-state index contributed by atoms with van der Waals surface area (Å²) < 4.78 is 10.7. The number of hydrogen-bond acceptors (Lipinski definition) is 19. The molecule has 12 rings (SSSR count). The zero-order valence-electron chi connectivity index (χ0n) is 61.0. The maximum Gasteiger partial charge on any atom is 0.341 e. The van der Waals surface area contributed by atoms with Crippen LogP contribution in [-0.4, -0.2) is 160 Å². The lowest BCUT2D eigenvalue weighted by Gasteiger charge is -2.27. The number of amides is 11. The van der Waals surface area contributed by atoms with Gasteiger partial charge in [0.1, 0.15) is 23.6 Å². The summed E-state index contributed by atoms with van der Waals surface area (Å²) in [6, 6.07) is 20.4. The highest BCUT2D eigenvalue weighted by atomic mass is 16.5. The summed E-state index contributed by atoms with van der Waals surface area (Å²) in [7, 11) is 3.31. The molecule has 2 aliphatic carbocycles. The molecule has 2 saturated carbocycles. The van der Waals surface area contributed by atoms with E-state index in [-0.39, 0.29) is 83.8 Å². The summed E-state index contributed by atoms with van der Waals surface area (Å²) >= 11 is 0. The molecule has 6 heterocycles. The smallest absolute Gasteiger partial charge is 0.341 e. The molecule has 0 radical (unpaired) electrons. The Morgan fingerprint density at radius 1 is 0.505 bits per heavy atom. The third kappa shape index (κ3) is 21.1. The number of carboxylic acid groups (broad SMARTS) is 1. The Morgan fingerprint density at radius 3 is 1.30 bits per heavy atom. The lowest BCUT2D eigenvalue weighted by Crippen LogP contribution is -2.54. The number of piperidine rings is 2. The fourth-order valence-electron chi connectivity index (χ4n) is 13.8. The van der Waals surface area contributed by atoms with Crippen LogP contribution in [0.15, 0.2) is 85.2 Å². The van der Waals surface area contributed by atoms with Gasteiger partial charge in [0, 0.05) is 68.7 Å². The molecule has 4 fully saturated rings. The minimum Gasteiger partial charge on any atom is -0.483 e. The largest absolute Gasteiger partial charge is 0.483 e. The van der Waals surface area contributed by atoms with Gasteiger partial charge in [0.15, 0.2) is 13.2 Å². The first-order chi connectivity index (χ1) is 51.9. The molecule has 107 heavy (non-hydrogen) atoms. The molecule has 4 aliphatic heterocycles. The van der Waals surface area contributed by atoms with Crippen molar-refractivity contribution in [1.82, 2.24) is 46.4 Å². The van der Waals surface area contributed by atoms with Gasteiger partial charge in [-0.25, -0.2) is 4.79 Å². The number of imide groups is 4. The van der Waals surface area contributed by atoms with Crippen molar-refractivity contribution in [2.45, 2.75) is 204 Å². The Labute approximate surface area is 621 Å². The summed E-state index contributed by atoms with van der Waals surface area (Å²) in [4.78, 5) is 157. The molecule has 6 aromatic rings. The summed E-state index contributed by atoms with van der Waals surface area (Å²) in [6.45, 7) is 0.365. The number of rotatable bonds is 37. The zero-order valence-corrected chi connectivity index (χ0v) is 61.0. The first-order valence-electron chi connectivity index (χ1n) is 37.8. The number of pyridine rings is 2. The van der Waals surface area contributed by atoms with Gasteiger partial charge in [0.25, 0.3) is 41.4 Å². The predicted octanol–water partition coefficient (Wildman–Crippen LogP) is 9.55. The Morgan fingerprint density at radius 2 is 0.907 bits per heavy atom. The first kappa shape index (κ1) is 78.9. The maximum atomic E-state index is 13.2. The predicted molar refractivity (Wildman–Crippen MR) is 401 cm³/mol. The van der Waals surface area contributed by atoms with E-state index in [2.05, 4.69) is 83.6 Å². The first-order valence-corrected chi connectivity index (χ1v) is 37.8. The van der Waals surface area contributed by atoms with Gasteiger partial charge in [-0.1, -0.05) is 114 Å². The molecule has 6 aliphatic rings. The number of nitrogens with two attached hydrogens (primary N) is 1. The van der Waals surface area contributed by atoms with E-state index in [4.69, 9.17) is 20.3 Å². The van der Waals surface area contributed by atoms with Crippen molar-refractivity contribution in [2.24, 2.45) is 5.73 Å². The standard InChI is InChI=1S/C40H48N6O7.C25H38N4O.C15H12N2O7/c1-41-37(49)29-23-43-30-18-15-25(22-28(30)36(29)44-26-16-17-26)12-9-7-5-3-2-4-6-8-10-21-42-34(48)24-53-32-14-11-13-27-35(32)40(52)46(39(27)51)31-19-20-33(47)45-38(31)50;1-27-25(30)22-18-28-23-15-12-19(17-21(23)24(22)29-20-13-14-20)11-9-7-5-3-2-4-6-8-10-16-26;18-10-5-4-8(13(21)16-10)17-14(22)7-2-1-3-9(12(7)15(17)23)24-6-11(19)20/h11,13-15,18,22-23,26,31H,2-10,12,16-17,19-21,24H2,1H3,(H,41,49)(H,42,48)(H,43,44)(H,45,47,50);12,15,17-18,20H,2-11,13-14,16,26H2,1H3,(H,27,30)(H,28,29);1-3,8H,4-6H2,(H,19,20)(H,16,18,21). The number of carbonyl (C=O) groups is 12. The van der Waals surface area contributed by atoms with Crippen molar-refractivity contribution in [3.63, 3.8) is 0 Å². The molecule has 27 nitrogen and oxygen atoms in total. The van der Waals surface area contributed by atoms with E-state index < -0.39 is 71.9 Å². The highest BCUT2D eigenvalue weighted by Crippen LogP contribution is 2.38. The molecule has 27 heteroatoms. The molecule has 11 amide bonds. The molecule has 2 unspecified atom stereocenters. The van der Waals surface area contributed by atoms with E-state index in [1.54, 1.807) is 32.6 Å². The van der Waals surface area contributed by atoms with Crippen LogP contribution in [0, 0.1) is 0 Å². The average molecular weight is 1470 g/mol. The van der Waals surface area contributed by atoms with Crippen molar-refractivity contribution in [3.05, 3.63) is 130 Å². The second-order valence-electron chi connectivity index (χ2n) is 28.0. The number of aliphatic carboxylic acids is 1. The summed E-state index contributed by atoms with van der Waals surface area (Å²) in [5, 5.41) is 30.5. The van der Waals surface area contributed by atoms with E-state index in [9.17, 15) is 57.5 Å². The van der Waals surface area contributed by atoms with Crippen LogP contribution in [0.3, 0.4) is 0 Å². The molecule has 2 atom stereocenters. The van der Waals surface area contributed by atoms with E-state index in [1.807, 2.05) is 0 Å². The molecule has 0 bridgehead atoms. The molecule has 10 N–H and O–H groups in total. The quantitative estimate of drug-likeness (QED) is 0.0129. The van der Waals surface area contributed by atoms with Gasteiger partial charge < -0.3 is 46.9 Å². The number of aryl methyl sites for hydroxylation is 2. The number of unbranched alkanes of at least 4 members (excludes halogenated alkanes) is 16. The van der Waals surface area contributed by atoms with Gasteiger partial charge in [-0.15, -0.1) is 0 Å². The van der Waals surface area contributed by atoms with E-state index in [1.165, 1.54) is 138 Å². The SMILES string of the molecule is CNC(=O)c1cnc2ccc(CCCCCCCCCCCN)cc2c1NC1CC1.CNC(=O)c1cnc2ccc(CCCCCCCCCCCNC(=O)COc3cccc4c3C(=O)N(C3CCC(=O)NC3=O)C4=O)cc2c1NC1CC1.O=C(O)COc1cccc2c1C(=O)N(C1CCC(=O)NC1=O)C2=O. The van der Waals surface area contributed by atoms with Crippen LogP contribution in [0.25, 0.3) is 21.8 Å². The third-order valence-corrected chi connectivity index (χ3v) is 19.9. The number of anilines is 2. The summed E-state index contributed by atoms with van der Waals surface area (Å²) in [6.07, 6.45) is 31.8. The van der Waals surface area contributed by atoms with E-state index >= 15 is 0 Å². The summed E-state index contributed by atoms with van der Waals surface area (Å²) in [5.74, 6) is -6.72. The number of fused-ring (bicyclic) bond motifs is 4. The number of carbonyl (C=O) groups excluding carboxylic acids is 11. The monoisotopic (exact) mass is 1470 g/mol. The zero-order chi connectivity index (χ0) is 75.9. The fourth-order valence-corrected chi connectivity index (χ4v) is 13.8. The molecule has 4 aromatic carbocycles. The second kappa shape index (κ2) is 38.5. The van der Waals surface area contributed by atoms with Crippen molar-refractivity contribution >= 4 is 104 Å². The number of hydrogen-bond donors (Lipinski definition) is 9. The molecule has 0 spiro atoms. The van der Waals surface area contributed by atoms with Gasteiger partial charge in [-0.3, -0.25) is 83.1 Å². The Hall–Kier alpha value is -10.7. The number of benzene rings is 4. The molecule has 568 valence electrons. The third-order valence-electron chi connectivity index (χ3n) is 19.9. The number of carboxylic acids is 1. The van der Waals surface area contributed by atoms with E-state index in [0.717, 1.165) is 107 Å². The highest BCUT2D eigenvalue weighted by molar-refractivity contribution is 6.26. The number of nitrogens with one attached hydrogen (secondary N) is 7. The fraction of sp³-hybridized carbons (Fsp3) is 0.475. The van der Waals surface area contributed by atoms with Crippen LogP contribution >= 0.6 is 0 Å². The van der Waals surface area contributed by atoms with Crippen molar-refractivity contribution in [2.75, 3.05) is 51.0 Å². The van der Waals surface area contributed by atoms with Crippen molar-refractivity contribution in [1.29, 1.82) is 0 Å². The Bertz CT molecular complexity index is 4310. The second-order valence-corrected chi connectivity index (χ2v) is 28.0. The number of ether oxygens (including phenoxy) is 2. The van der Waals surface area contributed by atoms with Gasteiger partial charge in [0.05, 0.1) is 55.8 Å². The van der Waals surface area contributed by atoms with Crippen LogP contribution in [0.2, 0.25) is 0 Å². The normalized spacial score (nSPS) is 16.6. The minimum atomic E-state index is -1.23. The Balaban J connectivity index is 0.000000190. The number of nitrogens with zero attached hydrogens (tertiary/aromatic N) is 4. The summed E-state index contributed by atoms with van der Waals surface area (Å²) in [5.41, 5.74) is 13.1. The van der Waals surface area contributed by atoms with Crippen LogP contribution in [0.5, 0.6) is 11.5 Å². The van der Waals surface area contributed by atoms with Crippen molar-refractivity contribution in [3.8, 4) is 11.5 Å². The highest BCUT2D eigenvalue weighted by Gasteiger charge is 2.48. The number of aromatic nitrogens is 2. The van der Waals surface area contributed by atoms with Gasteiger partial charge in [-0.05, 0) is 143 Å².